The Morgan fingerprint density at radius 1 is 1.21 bits per heavy atom. The molecule has 0 saturated carbocycles. The maximum atomic E-state index is 12.0. The molecule has 0 aliphatic rings. The molecule has 0 unspecified atom stereocenters. The van der Waals surface area contributed by atoms with Crippen molar-refractivity contribution in [3.05, 3.63) is 81.1 Å². The number of nitro groups is 1. The zero-order chi connectivity index (χ0) is 20.1. The Kier molecular flexibility index (Phi) is 5.71. The third-order valence-electron chi connectivity index (χ3n) is 3.76. The molecule has 1 heterocycles. The number of furan rings is 1. The second kappa shape index (κ2) is 8.36. The minimum Gasteiger partial charge on any atom is -0.495 e. The Hall–Kier alpha value is -3.65. The minimum absolute atomic E-state index is 0.0956. The first-order chi connectivity index (χ1) is 13.5. The number of hydrazone groups is 1. The van der Waals surface area contributed by atoms with Gasteiger partial charge >= 0.3 is 0 Å². The standard InChI is InChI=1S/C19H14ClN3O5/c1-27-18-8-4-13(10-16(18)20)17-9-7-15(28-17)11-21-22-19(24)12-2-5-14(6-3-12)23(25)26/h2-11H,1H3,(H,22,24). The van der Waals surface area contributed by atoms with Crippen LogP contribution in [0.2, 0.25) is 5.02 Å². The van der Waals surface area contributed by atoms with Crippen LogP contribution in [0.5, 0.6) is 5.75 Å². The molecule has 9 heteroatoms. The SMILES string of the molecule is COc1ccc(-c2ccc(C=NNC(=O)c3ccc([N+](=O)[O-])cc3)o2)cc1Cl. The number of nitro benzene ring substituents is 1. The lowest BCUT2D eigenvalue weighted by atomic mass is 10.2. The van der Waals surface area contributed by atoms with Crippen molar-refractivity contribution in [2.75, 3.05) is 7.11 Å². The molecule has 28 heavy (non-hydrogen) atoms. The van der Waals surface area contributed by atoms with Crippen molar-refractivity contribution in [1.82, 2.24) is 5.43 Å². The average molecular weight is 400 g/mol. The van der Waals surface area contributed by atoms with Crippen molar-refractivity contribution < 1.29 is 18.9 Å². The summed E-state index contributed by atoms with van der Waals surface area (Å²) in [6.07, 6.45) is 1.35. The van der Waals surface area contributed by atoms with Gasteiger partial charge < -0.3 is 9.15 Å². The van der Waals surface area contributed by atoms with Crippen LogP contribution in [0.1, 0.15) is 16.1 Å². The van der Waals surface area contributed by atoms with Crippen LogP contribution in [0.15, 0.2) is 64.1 Å². The Morgan fingerprint density at radius 2 is 1.96 bits per heavy atom. The first-order valence-electron chi connectivity index (χ1n) is 7.99. The number of carbonyl (C=O) groups is 1. The van der Waals surface area contributed by atoms with Gasteiger partial charge in [0, 0.05) is 23.3 Å². The van der Waals surface area contributed by atoms with E-state index in [1.54, 1.807) is 30.3 Å². The molecule has 0 saturated heterocycles. The van der Waals surface area contributed by atoms with E-state index in [1.807, 2.05) is 0 Å². The Bertz CT molecular complexity index is 1040. The van der Waals surface area contributed by atoms with E-state index in [0.717, 1.165) is 5.56 Å². The van der Waals surface area contributed by atoms with E-state index in [4.69, 9.17) is 20.8 Å². The zero-order valence-electron chi connectivity index (χ0n) is 14.6. The summed E-state index contributed by atoms with van der Waals surface area (Å²) in [6, 6.07) is 13.9. The van der Waals surface area contributed by atoms with E-state index in [-0.39, 0.29) is 11.3 Å². The predicted octanol–water partition coefficient (Wildman–Crippen LogP) is 4.28. The fourth-order valence-corrected chi connectivity index (χ4v) is 2.61. The van der Waals surface area contributed by atoms with E-state index in [9.17, 15) is 14.9 Å². The normalized spacial score (nSPS) is 10.8. The van der Waals surface area contributed by atoms with Gasteiger partial charge in [-0.1, -0.05) is 11.6 Å². The van der Waals surface area contributed by atoms with E-state index in [1.165, 1.54) is 37.6 Å². The third kappa shape index (κ3) is 4.36. The Balaban J connectivity index is 1.64. The molecule has 0 aliphatic carbocycles. The quantitative estimate of drug-likeness (QED) is 0.378. The van der Waals surface area contributed by atoms with E-state index in [2.05, 4.69) is 10.5 Å². The molecular formula is C19H14ClN3O5. The molecule has 142 valence electrons. The number of hydrogen-bond donors (Lipinski definition) is 1. The van der Waals surface area contributed by atoms with Crippen molar-refractivity contribution in [2.24, 2.45) is 5.10 Å². The number of carbonyl (C=O) groups excluding carboxylic acids is 1. The van der Waals surface area contributed by atoms with Crippen molar-refractivity contribution in [2.45, 2.75) is 0 Å². The number of nitrogens with zero attached hydrogens (tertiary/aromatic N) is 2. The van der Waals surface area contributed by atoms with E-state index < -0.39 is 10.8 Å². The summed E-state index contributed by atoms with van der Waals surface area (Å²) in [7, 11) is 1.54. The molecule has 1 aromatic heterocycles. The minimum atomic E-state index is -0.537. The van der Waals surface area contributed by atoms with Crippen LogP contribution in [0, 0.1) is 10.1 Å². The largest absolute Gasteiger partial charge is 0.495 e. The van der Waals surface area contributed by atoms with Gasteiger partial charge in [0.15, 0.2) is 0 Å². The molecule has 0 bridgehead atoms. The van der Waals surface area contributed by atoms with Crippen LogP contribution in [0.25, 0.3) is 11.3 Å². The summed E-state index contributed by atoms with van der Waals surface area (Å²) in [6.45, 7) is 0. The monoisotopic (exact) mass is 399 g/mol. The Morgan fingerprint density at radius 3 is 2.61 bits per heavy atom. The summed E-state index contributed by atoms with van der Waals surface area (Å²) in [5.74, 6) is 1.06. The molecule has 0 spiro atoms. The fraction of sp³-hybridized carbons (Fsp3) is 0.0526. The van der Waals surface area contributed by atoms with Gasteiger partial charge in [0.05, 0.1) is 23.3 Å². The summed E-state index contributed by atoms with van der Waals surface area (Å²) >= 11 is 6.11. The number of ether oxygens (including phenoxy) is 1. The van der Waals surface area contributed by atoms with Crippen molar-refractivity contribution >= 4 is 29.4 Å². The van der Waals surface area contributed by atoms with Gasteiger partial charge in [-0.05, 0) is 42.5 Å². The van der Waals surface area contributed by atoms with Crippen LogP contribution >= 0.6 is 11.6 Å². The lowest BCUT2D eigenvalue weighted by molar-refractivity contribution is -0.384. The van der Waals surface area contributed by atoms with Gasteiger partial charge in [0.1, 0.15) is 17.3 Å². The number of amides is 1. The highest BCUT2D eigenvalue weighted by Crippen LogP contribution is 2.30. The first kappa shape index (κ1) is 19.1. The van der Waals surface area contributed by atoms with Gasteiger partial charge in [-0.15, -0.1) is 0 Å². The molecule has 3 rings (SSSR count). The molecule has 3 aromatic rings. The molecule has 8 nitrogen and oxygen atoms in total. The molecule has 0 fully saturated rings. The summed E-state index contributed by atoms with van der Waals surface area (Å²) in [5.41, 5.74) is 3.25. The Labute approximate surface area is 164 Å². The van der Waals surface area contributed by atoms with Gasteiger partial charge in [0.2, 0.25) is 0 Å². The second-order valence-corrected chi connectivity index (χ2v) is 5.96. The van der Waals surface area contributed by atoms with E-state index >= 15 is 0 Å². The van der Waals surface area contributed by atoms with Gasteiger partial charge in [-0.2, -0.15) is 5.10 Å². The maximum Gasteiger partial charge on any atom is 0.271 e. The summed E-state index contributed by atoms with van der Waals surface area (Å²) < 4.78 is 10.8. The van der Waals surface area contributed by atoms with Gasteiger partial charge in [-0.3, -0.25) is 14.9 Å². The summed E-state index contributed by atoms with van der Waals surface area (Å²) in [4.78, 5) is 22.1. The molecule has 2 aromatic carbocycles. The van der Waals surface area contributed by atoms with Crippen LogP contribution < -0.4 is 10.2 Å². The smallest absolute Gasteiger partial charge is 0.271 e. The number of nitrogens with one attached hydrogen (secondary N) is 1. The van der Waals surface area contributed by atoms with Gasteiger partial charge in [0.25, 0.3) is 11.6 Å². The van der Waals surface area contributed by atoms with Crippen LogP contribution in [0.3, 0.4) is 0 Å². The lowest BCUT2D eigenvalue weighted by Gasteiger charge is -2.04. The molecule has 1 amide bonds. The highest BCUT2D eigenvalue weighted by molar-refractivity contribution is 6.32. The van der Waals surface area contributed by atoms with Crippen LogP contribution in [-0.4, -0.2) is 24.2 Å². The molecule has 0 atom stereocenters. The second-order valence-electron chi connectivity index (χ2n) is 5.55. The molecule has 0 aliphatic heterocycles. The highest BCUT2D eigenvalue weighted by atomic mass is 35.5. The number of halogens is 1. The zero-order valence-corrected chi connectivity index (χ0v) is 15.3. The average Bonchev–Trinajstić information content (AvgIpc) is 3.17. The van der Waals surface area contributed by atoms with Crippen LogP contribution in [0.4, 0.5) is 5.69 Å². The lowest BCUT2D eigenvalue weighted by Crippen LogP contribution is -2.17. The fourth-order valence-electron chi connectivity index (χ4n) is 2.35. The topological polar surface area (TPSA) is 107 Å². The van der Waals surface area contributed by atoms with E-state index in [0.29, 0.717) is 22.3 Å². The number of rotatable bonds is 6. The first-order valence-corrected chi connectivity index (χ1v) is 8.37. The number of hydrogen-bond acceptors (Lipinski definition) is 6. The number of non-ortho nitro benzene ring substituents is 1. The molecule has 0 radical (unpaired) electrons. The van der Waals surface area contributed by atoms with Crippen molar-refractivity contribution in [3.8, 4) is 17.1 Å². The van der Waals surface area contributed by atoms with Gasteiger partial charge in [-0.25, -0.2) is 5.43 Å². The van der Waals surface area contributed by atoms with Crippen LogP contribution in [-0.2, 0) is 0 Å². The number of benzene rings is 2. The van der Waals surface area contributed by atoms with Crippen molar-refractivity contribution in [3.63, 3.8) is 0 Å². The van der Waals surface area contributed by atoms with Crippen molar-refractivity contribution in [1.29, 1.82) is 0 Å². The predicted molar refractivity (Wildman–Crippen MR) is 104 cm³/mol. The highest BCUT2D eigenvalue weighted by Gasteiger charge is 2.09. The third-order valence-corrected chi connectivity index (χ3v) is 4.06. The number of methoxy groups -OCH3 is 1. The summed E-state index contributed by atoms with van der Waals surface area (Å²) in [5, 5.41) is 14.9. The maximum absolute atomic E-state index is 12.0. The molecule has 1 N–H and O–H groups in total. The molecular weight excluding hydrogens is 386 g/mol.